The lowest BCUT2D eigenvalue weighted by atomic mass is 10.1. The molecule has 2 aromatic rings. The number of aryl methyl sites for hydroxylation is 2. The third kappa shape index (κ3) is 3.74. The van der Waals surface area contributed by atoms with Gasteiger partial charge in [0.2, 0.25) is 0 Å². The highest BCUT2D eigenvalue weighted by Gasteiger charge is 2.08. The van der Waals surface area contributed by atoms with E-state index < -0.39 is 0 Å². The molecular formula is C17H19ClN2S. The standard InChI is InChI=1S/C17H19ClN2S/c1-4-13-8-5-7-11(2)16(13)20-17(21)19-15-10-6-9-14(18)12(15)3/h5-10H,4H2,1-3H3,(H2,19,20,21). The maximum Gasteiger partial charge on any atom is 0.175 e. The van der Waals surface area contributed by atoms with E-state index in [0.29, 0.717) is 5.11 Å². The second-order valence-electron chi connectivity index (χ2n) is 4.95. The highest BCUT2D eigenvalue weighted by atomic mass is 35.5. The second kappa shape index (κ2) is 6.92. The van der Waals surface area contributed by atoms with E-state index in [0.717, 1.165) is 28.4 Å². The Bertz CT molecular complexity index is 668. The number of thiocarbonyl (C=S) groups is 1. The largest absolute Gasteiger partial charge is 0.332 e. The normalized spacial score (nSPS) is 10.3. The molecule has 0 fully saturated rings. The van der Waals surface area contributed by atoms with Crippen molar-refractivity contribution in [3.63, 3.8) is 0 Å². The summed E-state index contributed by atoms with van der Waals surface area (Å²) < 4.78 is 0. The van der Waals surface area contributed by atoms with Crippen molar-refractivity contribution in [2.24, 2.45) is 0 Å². The monoisotopic (exact) mass is 318 g/mol. The van der Waals surface area contributed by atoms with Crippen molar-refractivity contribution in [3.8, 4) is 0 Å². The van der Waals surface area contributed by atoms with Crippen molar-refractivity contribution in [1.29, 1.82) is 0 Å². The smallest absolute Gasteiger partial charge is 0.175 e. The molecule has 0 atom stereocenters. The first-order chi connectivity index (χ1) is 10.0. The lowest BCUT2D eigenvalue weighted by Crippen LogP contribution is -2.21. The predicted octanol–water partition coefficient (Wildman–Crippen LogP) is 5.33. The summed E-state index contributed by atoms with van der Waals surface area (Å²) in [4.78, 5) is 0. The number of hydrogen-bond donors (Lipinski definition) is 2. The molecule has 2 N–H and O–H groups in total. The fraction of sp³-hybridized carbons (Fsp3) is 0.235. The molecule has 0 radical (unpaired) electrons. The topological polar surface area (TPSA) is 24.1 Å². The highest BCUT2D eigenvalue weighted by Crippen LogP contribution is 2.24. The Kier molecular flexibility index (Phi) is 5.21. The summed E-state index contributed by atoms with van der Waals surface area (Å²) in [6.45, 7) is 6.19. The van der Waals surface area contributed by atoms with E-state index in [-0.39, 0.29) is 0 Å². The summed E-state index contributed by atoms with van der Waals surface area (Å²) in [5.74, 6) is 0. The highest BCUT2D eigenvalue weighted by molar-refractivity contribution is 7.80. The summed E-state index contributed by atoms with van der Waals surface area (Å²) in [5.41, 5.74) is 5.43. The Balaban J connectivity index is 2.18. The molecule has 0 aliphatic rings. The molecule has 0 unspecified atom stereocenters. The summed E-state index contributed by atoms with van der Waals surface area (Å²) in [6.07, 6.45) is 0.961. The molecule has 0 aromatic heterocycles. The Morgan fingerprint density at radius 1 is 1.10 bits per heavy atom. The lowest BCUT2D eigenvalue weighted by Gasteiger charge is -2.17. The third-order valence-electron chi connectivity index (χ3n) is 3.49. The van der Waals surface area contributed by atoms with Crippen molar-refractivity contribution < 1.29 is 0 Å². The van der Waals surface area contributed by atoms with Crippen LogP contribution in [0.4, 0.5) is 11.4 Å². The molecular weight excluding hydrogens is 300 g/mol. The van der Waals surface area contributed by atoms with Gasteiger partial charge in [-0.3, -0.25) is 0 Å². The molecule has 2 rings (SSSR count). The van der Waals surface area contributed by atoms with Gasteiger partial charge >= 0.3 is 0 Å². The van der Waals surface area contributed by atoms with Gasteiger partial charge in [-0.2, -0.15) is 0 Å². The van der Waals surface area contributed by atoms with Gasteiger partial charge in [0.15, 0.2) is 5.11 Å². The Morgan fingerprint density at radius 2 is 1.81 bits per heavy atom. The van der Waals surface area contributed by atoms with Gasteiger partial charge in [-0.1, -0.05) is 42.8 Å². The van der Waals surface area contributed by atoms with Gasteiger partial charge in [-0.25, -0.2) is 0 Å². The Hall–Kier alpha value is -1.58. The first-order valence-corrected chi connectivity index (χ1v) is 7.73. The van der Waals surface area contributed by atoms with E-state index in [9.17, 15) is 0 Å². The molecule has 21 heavy (non-hydrogen) atoms. The number of nitrogens with one attached hydrogen (secondary N) is 2. The zero-order valence-electron chi connectivity index (χ0n) is 12.5. The van der Waals surface area contributed by atoms with Crippen molar-refractivity contribution in [2.45, 2.75) is 27.2 Å². The van der Waals surface area contributed by atoms with Gasteiger partial charge in [0.1, 0.15) is 0 Å². The summed E-state index contributed by atoms with van der Waals surface area (Å²) in [7, 11) is 0. The van der Waals surface area contributed by atoms with Crippen molar-refractivity contribution in [2.75, 3.05) is 10.6 Å². The van der Waals surface area contributed by atoms with Gasteiger partial charge in [-0.05, 0) is 61.3 Å². The van der Waals surface area contributed by atoms with Crippen LogP contribution in [0.2, 0.25) is 5.02 Å². The van der Waals surface area contributed by atoms with E-state index in [1.807, 2.05) is 25.1 Å². The molecule has 4 heteroatoms. The zero-order chi connectivity index (χ0) is 15.4. The van der Waals surface area contributed by atoms with E-state index in [1.54, 1.807) is 0 Å². The van der Waals surface area contributed by atoms with E-state index in [2.05, 4.69) is 42.7 Å². The number of hydrogen-bond acceptors (Lipinski definition) is 1. The van der Waals surface area contributed by atoms with Crippen LogP contribution in [0.3, 0.4) is 0 Å². The molecule has 0 aliphatic carbocycles. The maximum absolute atomic E-state index is 6.13. The van der Waals surface area contributed by atoms with Crippen molar-refractivity contribution in [3.05, 3.63) is 58.1 Å². The average molecular weight is 319 g/mol. The number of anilines is 2. The molecule has 0 saturated carbocycles. The van der Waals surface area contributed by atoms with E-state index in [1.165, 1.54) is 11.1 Å². The second-order valence-corrected chi connectivity index (χ2v) is 5.77. The molecule has 2 aromatic carbocycles. The number of benzene rings is 2. The van der Waals surface area contributed by atoms with Gasteiger partial charge < -0.3 is 10.6 Å². The lowest BCUT2D eigenvalue weighted by molar-refractivity contribution is 1.13. The third-order valence-corrected chi connectivity index (χ3v) is 4.11. The molecule has 0 heterocycles. The minimum absolute atomic E-state index is 0.573. The van der Waals surface area contributed by atoms with Gasteiger partial charge in [0.25, 0.3) is 0 Å². The van der Waals surface area contributed by atoms with Crippen LogP contribution in [0.1, 0.15) is 23.6 Å². The summed E-state index contributed by atoms with van der Waals surface area (Å²) in [6, 6.07) is 12.0. The zero-order valence-corrected chi connectivity index (χ0v) is 14.0. The molecule has 0 spiro atoms. The molecule has 0 bridgehead atoms. The molecule has 2 nitrogen and oxygen atoms in total. The fourth-order valence-electron chi connectivity index (χ4n) is 2.21. The van der Waals surface area contributed by atoms with Crippen LogP contribution in [0.5, 0.6) is 0 Å². The first-order valence-electron chi connectivity index (χ1n) is 6.94. The molecule has 0 aliphatic heterocycles. The van der Waals surface area contributed by atoms with Gasteiger partial charge in [0.05, 0.1) is 0 Å². The van der Waals surface area contributed by atoms with Crippen molar-refractivity contribution in [1.82, 2.24) is 0 Å². The Labute approximate surface area is 136 Å². The van der Waals surface area contributed by atoms with Crippen LogP contribution in [0, 0.1) is 13.8 Å². The van der Waals surface area contributed by atoms with Crippen LogP contribution in [0.25, 0.3) is 0 Å². The minimum Gasteiger partial charge on any atom is -0.332 e. The summed E-state index contributed by atoms with van der Waals surface area (Å²) in [5, 5.41) is 7.82. The average Bonchev–Trinajstić information content (AvgIpc) is 2.46. The first kappa shape index (κ1) is 15.8. The van der Waals surface area contributed by atoms with Crippen LogP contribution < -0.4 is 10.6 Å². The minimum atomic E-state index is 0.573. The van der Waals surface area contributed by atoms with Crippen LogP contribution >= 0.6 is 23.8 Å². The number of rotatable bonds is 3. The fourth-order valence-corrected chi connectivity index (χ4v) is 2.60. The van der Waals surface area contributed by atoms with Crippen LogP contribution in [-0.4, -0.2) is 5.11 Å². The quantitative estimate of drug-likeness (QED) is 0.748. The van der Waals surface area contributed by atoms with Gasteiger partial charge in [-0.15, -0.1) is 0 Å². The molecule has 0 amide bonds. The SMILES string of the molecule is CCc1cccc(C)c1NC(=S)Nc1cccc(Cl)c1C. The number of halogens is 1. The maximum atomic E-state index is 6.13. The number of para-hydroxylation sites is 1. The van der Waals surface area contributed by atoms with Gasteiger partial charge in [0, 0.05) is 16.4 Å². The van der Waals surface area contributed by atoms with Crippen molar-refractivity contribution >= 4 is 40.3 Å². The van der Waals surface area contributed by atoms with Crippen LogP contribution in [-0.2, 0) is 6.42 Å². The summed E-state index contributed by atoms with van der Waals surface area (Å²) >= 11 is 11.5. The predicted molar refractivity (Wildman–Crippen MR) is 96.6 cm³/mol. The van der Waals surface area contributed by atoms with E-state index >= 15 is 0 Å². The Morgan fingerprint density at radius 3 is 2.52 bits per heavy atom. The van der Waals surface area contributed by atoms with E-state index in [4.69, 9.17) is 23.8 Å². The molecule has 0 saturated heterocycles. The molecule has 110 valence electrons. The van der Waals surface area contributed by atoms with Crippen LogP contribution in [0.15, 0.2) is 36.4 Å².